The van der Waals surface area contributed by atoms with E-state index < -0.39 is 8.07 Å². The lowest BCUT2D eigenvalue weighted by Gasteiger charge is -2.44. The van der Waals surface area contributed by atoms with Crippen LogP contribution in [-0.4, -0.2) is 14.6 Å². The summed E-state index contributed by atoms with van der Waals surface area (Å²) in [6.45, 7) is 11.1. The van der Waals surface area contributed by atoms with E-state index in [0.717, 1.165) is 6.54 Å². The molecule has 2 heteroatoms. The monoisotopic (exact) mass is 309 g/mol. The summed E-state index contributed by atoms with van der Waals surface area (Å²) in [5, 5.41) is 0. The fourth-order valence-corrected chi connectivity index (χ4v) is 6.77. The van der Waals surface area contributed by atoms with Crippen molar-refractivity contribution in [3.05, 3.63) is 60.2 Å². The van der Waals surface area contributed by atoms with Gasteiger partial charge in [0.05, 0.1) is 0 Å². The van der Waals surface area contributed by atoms with Gasteiger partial charge in [-0.3, -0.25) is 0 Å². The van der Waals surface area contributed by atoms with Crippen LogP contribution in [0.25, 0.3) is 0 Å². The first-order valence-electron chi connectivity index (χ1n) is 8.31. The van der Waals surface area contributed by atoms with E-state index in [0.29, 0.717) is 5.41 Å². The number of hydrogen-bond donors (Lipinski definition) is 0. The van der Waals surface area contributed by atoms with Gasteiger partial charge in [-0.05, 0) is 41.6 Å². The topological polar surface area (TPSA) is 3.24 Å². The van der Waals surface area contributed by atoms with E-state index in [1.54, 1.807) is 0 Å². The summed E-state index contributed by atoms with van der Waals surface area (Å²) in [4.78, 5) is 2.49. The van der Waals surface area contributed by atoms with Gasteiger partial charge in [0, 0.05) is 26.0 Å². The van der Waals surface area contributed by atoms with Crippen molar-refractivity contribution in [2.75, 3.05) is 11.4 Å². The first-order valence-corrected chi connectivity index (χ1v) is 12.0. The number of nitrogens with zero attached hydrogens (tertiary/aromatic N) is 1. The van der Waals surface area contributed by atoms with Crippen LogP contribution in [0.5, 0.6) is 0 Å². The second-order valence-electron chi connectivity index (χ2n) is 8.05. The Morgan fingerprint density at radius 3 is 2.27 bits per heavy atom. The van der Waals surface area contributed by atoms with Gasteiger partial charge in [-0.25, -0.2) is 0 Å². The second-order valence-corrected chi connectivity index (χ2v) is 13.5. The molecule has 0 spiro atoms. The van der Waals surface area contributed by atoms with Crippen molar-refractivity contribution in [2.24, 2.45) is 0 Å². The van der Waals surface area contributed by atoms with E-state index in [4.69, 9.17) is 0 Å². The predicted molar refractivity (Wildman–Crippen MR) is 100 cm³/mol. The number of fused-ring (bicyclic) bond motifs is 1. The molecule has 0 saturated carbocycles. The summed E-state index contributed by atoms with van der Waals surface area (Å²) in [6.07, 6.45) is 1.24. The summed E-state index contributed by atoms with van der Waals surface area (Å²) in [5.41, 5.74) is 4.57. The lowest BCUT2D eigenvalue weighted by molar-refractivity contribution is 0.461. The molecule has 0 saturated heterocycles. The number of rotatable bonds is 3. The zero-order valence-corrected chi connectivity index (χ0v) is 15.3. The molecule has 0 radical (unpaired) electrons. The van der Waals surface area contributed by atoms with Crippen molar-refractivity contribution in [1.29, 1.82) is 0 Å². The largest absolute Gasteiger partial charge is 0.341 e. The Hall–Kier alpha value is -1.54. The Bertz CT molecular complexity index is 644. The highest BCUT2D eigenvalue weighted by Gasteiger charge is 2.38. The maximum atomic E-state index is 2.49. The van der Waals surface area contributed by atoms with Gasteiger partial charge in [-0.1, -0.05) is 63.0 Å². The predicted octanol–water partition coefficient (Wildman–Crippen LogP) is 5.82. The van der Waals surface area contributed by atoms with Crippen molar-refractivity contribution in [3.8, 4) is 0 Å². The summed E-state index contributed by atoms with van der Waals surface area (Å²) in [6, 6.07) is 21.2. The first-order chi connectivity index (χ1) is 10.4. The fraction of sp³-hybridized carbons (Fsp3) is 0.400. The molecule has 116 valence electrons. The van der Waals surface area contributed by atoms with E-state index in [9.17, 15) is 0 Å². The van der Waals surface area contributed by atoms with Crippen LogP contribution >= 0.6 is 0 Å². The molecular weight excluding hydrogens is 282 g/mol. The van der Waals surface area contributed by atoms with Gasteiger partial charge in [-0.15, -0.1) is 0 Å². The first kappa shape index (κ1) is 15.4. The summed E-state index contributed by atoms with van der Waals surface area (Å²) in [7, 11) is -1.11. The van der Waals surface area contributed by atoms with Crippen LogP contribution < -0.4 is 4.90 Å². The number of benzene rings is 2. The molecule has 1 nitrogen and oxygen atoms in total. The summed E-state index contributed by atoms with van der Waals surface area (Å²) < 4.78 is 0. The summed E-state index contributed by atoms with van der Waals surface area (Å²) in [5.74, 6) is 0. The highest BCUT2D eigenvalue weighted by Crippen LogP contribution is 2.46. The molecule has 1 unspecified atom stereocenters. The lowest BCUT2D eigenvalue weighted by atomic mass is 9.77. The SMILES string of the molecule is CC1(C[Si](C)(C)C)CCN(c2ccccc2)c2ccccc21. The van der Waals surface area contributed by atoms with Crippen LogP contribution in [0.4, 0.5) is 11.4 Å². The third-order valence-corrected chi connectivity index (χ3v) is 6.56. The van der Waals surface area contributed by atoms with Crippen LogP contribution in [0.3, 0.4) is 0 Å². The zero-order valence-electron chi connectivity index (χ0n) is 14.3. The van der Waals surface area contributed by atoms with Crippen LogP contribution in [-0.2, 0) is 5.41 Å². The van der Waals surface area contributed by atoms with Gasteiger partial charge in [0.15, 0.2) is 0 Å². The lowest BCUT2D eigenvalue weighted by Crippen LogP contribution is -2.41. The van der Waals surface area contributed by atoms with Gasteiger partial charge >= 0.3 is 0 Å². The zero-order chi connectivity index (χ0) is 15.8. The van der Waals surface area contributed by atoms with E-state index in [1.165, 1.54) is 29.4 Å². The quantitative estimate of drug-likeness (QED) is 0.645. The molecule has 0 aliphatic carbocycles. The molecule has 1 aliphatic rings. The van der Waals surface area contributed by atoms with Crippen molar-refractivity contribution in [3.63, 3.8) is 0 Å². The highest BCUT2D eigenvalue weighted by molar-refractivity contribution is 6.76. The fourth-order valence-electron chi connectivity index (χ4n) is 4.06. The minimum atomic E-state index is -1.11. The van der Waals surface area contributed by atoms with E-state index >= 15 is 0 Å². The molecule has 1 aliphatic heterocycles. The average Bonchev–Trinajstić information content (AvgIpc) is 2.47. The third-order valence-electron chi connectivity index (χ3n) is 4.72. The molecule has 2 aromatic rings. The molecule has 0 N–H and O–H groups in total. The Balaban J connectivity index is 2.04. The van der Waals surface area contributed by atoms with Crippen molar-refractivity contribution >= 4 is 19.4 Å². The van der Waals surface area contributed by atoms with E-state index in [1.807, 2.05) is 0 Å². The Labute approximate surface area is 136 Å². The Morgan fingerprint density at radius 2 is 1.59 bits per heavy atom. The van der Waals surface area contributed by atoms with Gasteiger partial charge in [0.2, 0.25) is 0 Å². The Morgan fingerprint density at radius 1 is 0.955 bits per heavy atom. The van der Waals surface area contributed by atoms with Crippen LogP contribution in [0.2, 0.25) is 25.7 Å². The third kappa shape index (κ3) is 2.98. The number of anilines is 2. The molecule has 22 heavy (non-hydrogen) atoms. The van der Waals surface area contributed by atoms with Crippen LogP contribution in [0.15, 0.2) is 54.6 Å². The van der Waals surface area contributed by atoms with Crippen LogP contribution in [0, 0.1) is 0 Å². The number of hydrogen-bond acceptors (Lipinski definition) is 1. The highest BCUT2D eigenvalue weighted by atomic mass is 28.3. The minimum Gasteiger partial charge on any atom is -0.341 e. The molecule has 1 atom stereocenters. The maximum Gasteiger partial charge on any atom is 0.0451 e. The number of para-hydroxylation sites is 2. The molecule has 3 rings (SSSR count). The van der Waals surface area contributed by atoms with E-state index in [-0.39, 0.29) is 0 Å². The van der Waals surface area contributed by atoms with Gasteiger partial charge in [0.25, 0.3) is 0 Å². The van der Waals surface area contributed by atoms with Gasteiger partial charge < -0.3 is 4.90 Å². The van der Waals surface area contributed by atoms with Gasteiger partial charge in [0.1, 0.15) is 0 Å². The smallest absolute Gasteiger partial charge is 0.0451 e. The van der Waals surface area contributed by atoms with Crippen molar-refractivity contribution in [1.82, 2.24) is 0 Å². The molecule has 1 heterocycles. The van der Waals surface area contributed by atoms with E-state index in [2.05, 4.69) is 86.1 Å². The van der Waals surface area contributed by atoms with Crippen molar-refractivity contribution in [2.45, 2.75) is 44.4 Å². The van der Waals surface area contributed by atoms with Gasteiger partial charge in [-0.2, -0.15) is 0 Å². The maximum absolute atomic E-state index is 2.49. The molecule has 2 aromatic carbocycles. The molecule has 0 aromatic heterocycles. The minimum absolute atomic E-state index is 0.326. The average molecular weight is 310 g/mol. The Kier molecular flexibility index (Phi) is 3.90. The normalized spacial score (nSPS) is 21.5. The molecule has 0 bridgehead atoms. The molecule has 0 amide bonds. The molecule has 0 fully saturated rings. The van der Waals surface area contributed by atoms with Crippen LogP contribution in [0.1, 0.15) is 18.9 Å². The molecular formula is C20H27NSi. The standard InChI is InChI=1S/C20H27NSi/c1-20(16-22(2,3)4)14-15-21(17-10-6-5-7-11-17)19-13-9-8-12-18(19)20/h5-13H,14-16H2,1-4H3. The summed E-state index contributed by atoms with van der Waals surface area (Å²) >= 11 is 0. The second kappa shape index (κ2) is 5.58. The van der Waals surface area contributed by atoms with Crippen molar-refractivity contribution < 1.29 is 0 Å².